The van der Waals surface area contributed by atoms with Gasteiger partial charge in [0, 0.05) is 6.07 Å². The maximum atomic E-state index is 13.1. The highest BCUT2D eigenvalue weighted by Gasteiger charge is 2.18. The van der Waals surface area contributed by atoms with Crippen LogP contribution in [0, 0.1) is 22.4 Å². The molecule has 0 radical (unpaired) electrons. The standard InChI is InChI=1S/C9H3BrFN3O2/c10-7-4(11)1-2-5-8(7)13-9(15)6(3-12)14(5)16/h1-2H,(H,13,15). The Labute approximate surface area is 96.5 Å². The molecular weight excluding hydrogens is 281 g/mol. The lowest BCUT2D eigenvalue weighted by Crippen LogP contribution is -2.39. The van der Waals surface area contributed by atoms with Crippen LogP contribution in [0.4, 0.5) is 4.39 Å². The molecule has 1 aromatic heterocycles. The summed E-state index contributed by atoms with van der Waals surface area (Å²) in [6.07, 6.45) is 0. The van der Waals surface area contributed by atoms with Gasteiger partial charge in [-0.3, -0.25) is 4.79 Å². The second-order valence-electron chi connectivity index (χ2n) is 2.96. The number of nitriles is 1. The van der Waals surface area contributed by atoms with Gasteiger partial charge in [-0.15, -0.1) is 4.73 Å². The monoisotopic (exact) mass is 283 g/mol. The third-order valence-electron chi connectivity index (χ3n) is 2.05. The molecule has 2 rings (SSSR count). The van der Waals surface area contributed by atoms with Crippen molar-refractivity contribution in [1.82, 2.24) is 4.98 Å². The van der Waals surface area contributed by atoms with E-state index in [1.54, 1.807) is 0 Å². The van der Waals surface area contributed by atoms with Crippen LogP contribution in [-0.2, 0) is 0 Å². The molecule has 0 spiro atoms. The fraction of sp³-hybridized carbons (Fsp3) is 0. The van der Waals surface area contributed by atoms with Gasteiger partial charge >= 0.3 is 11.3 Å². The van der Waals surface area contributed by atoms with E-state index in [0.29, 0.717) is 0 Å². The van der Waals surface area contributed by atoms with Gasteiger partial charge < -0.3 is 10.2 Å². The van der Waals surface area contributed by atoms with Crippen molar-refractivity contribution in [2.45, 2.75) is 0 Å². The number of H-pyrrole nitrogens is 1. The maximum absolute atomic E-state index is 13.1. The number of aromatic nitrogens is 2. The molecule has 0 aliphatic rings. The van der Waals surface area contributed by atoms with Crippen molar-refractivity contribution in [1.29, 1.82) is 5.26 Å². The van der Waals surface area contributed by atoms with Gasteiger partial charge in [0.15, 0.2) is 6.07 Å². The van der Waals surface area contributed by atoms with E-state index in [1.165, 1.54) is 12.1 Å². The number of aromatic amines is 1. The van der Waals surface area contributed by atoms with Crippen LogP contribution in [0.25, 0.3) is 11.0 Å². The average molecular weight is 284 g/mol. The lowest BCUT2D eigenvalue weighted by Gasteiger charge is -2.04. The normalized spacial score (nSPS) is 10.3. The van der Waals surface area contributed by atoms with E-state index in [9.17, 15) is 14.4 Å². The Kier molecular flexibility index (Phi) is 2.36. The van der Waals surface area contributed by atoms with Crippen LogP contribution in [0.5, 0.6) is 0 Å². The summed E-state index contributed by atoms with van der Waals surface area (Å²) in [6.45, 7) is 0. The molecule has 1 aromatic carbocycles. The molecule has 0 amide bonds. The second kappa shape index (κ2) is 3.57. The van der Waals surface area contributed by atoms with Gasteiger partial charge in [-0.2, -0.15) is 5.26 Å². The number of hydrogen-bond acceptors (Lipinski definition) is 3. The zero-order valence-corrected chi connectivity index (χ0v) is 9.21. The molecule has 0 aliphatic carbocycles. The first-order chi connectivity index (χ1) is 7.56. The van der Waals surface area contributed by atoms with Crippen molar-refractivity contribution in [3.8, 4) is 6.07 Å². The Morgan fingerprint density at radius 1 is 1.56 bits per heavy atom. The van der Waals surface area contributed by atoms with Gasteiger partial charge in [0.2, 0.25) is 5.52 Å². The Morgan fingerprint density at radius 2 is 2.25 bits per heavy atom. The third-order valence-corrected chi connectivity index (χ3v) is 2.83. The summed E-state index contributed by atoms with van der Waals surface area (Å²) < 4.78 is 13.3. The Hall–Kier alpha value is -1.94. The summed E-state index contributed by atoms with van der Waals surface area (Å²) in [5.41, 5.74) is -1.38. The lowest BCUT2D eigenvalue weighted by molar-refractivity contribution is -0.581. The molecular formula is C9H3BrFN3O2. The lowest BCUT2D eigenvalue weighted by atomic mass is 10.3. The quantitative estimate of drug-likeness (QED) is 0.577. The zero-order valence-electron chi connectivity index (χ0n) is 7.62. The topological polar surface area (TPSA) is 83.6 Å². The minimum absolute atomic E-state index is 0.0174. The summed E-state index contributed by atoms with van der Waals surface area (Å²) in [6, 6.07) is 3.75. The van der Waals surface area contributed by atoms with E-state index >= 15 is 0 Å². The number of nitrogens with zero attached hydrogens (tertiary/aromatic N) is 2. The molecule has 80 valence electrons. The fourth-order valence-electron chi connectivity index (χ4n) is 1.31. The molecule has 0 saturated heterocycles. The third kappa shape index (κ3) is 1.35. The van der Waals surface area contributed by atoms with Crippen molar-refractivity contribution < 1.29 is 9.12 Å². The van der Waals surface area contributed by atoms with Crippen LogP contribution in [0.1, 0.15) is 5.69 Å². The van der Waals surface area contributed by atoms with Crippen molar-refractivity contribution in [3.05, 3.63) is 43.7 Å². The zero-order chi connectivity index (χ0) is 11.9. The molecule has 16 heavy (non-hydrogen) atoms. The number of hydrogen-bond donors (Lipinski definition) is 1. The summed E-state index contributed by atoms with van der Waals surface area (Å²) >= 11 is 2.92. The first-order valence-corrected chi connectivity index (χ1v) is 4.89. The van der Waals surface area contributed by atoms with Gasteiger partial charge in [-0.25, -0.2) is 4.39 Å². The van der Waals surface area contributed by atoms with Gasteiger partial charge in [0.1, 0.15) is 11.3 Å². The maximum Gasteiger partial charge on any atom is 0.360 e. The van der Waals surface area contributed by atoms with Crippen molar-refractivity contribution in [3.63, 3.8) is 0 Å². The summed E-state index contributed by atoms with van der Waals surface area (Å²) in [7, 11) is 0. The van der Waals surface area contributed by atoms with E-state index in [1.807, 2.05) is 0 Å². The molecule has 0 saturated carbocycles. The van der Waals surface area contributed by atoms with Crippen molar-refractivity contribution in [2.24, 2.45) is 0 Å². The van der Waals surface area contributed by atoms with Gasteiger partial charge in [0.25, 0.3) is 0 Å². The van der Waals surface area contributed by atoms with Crippen molar-refractivity contribution in [2.75, 3.05) is 0 Å². The predicted octanol–water partition coefficient (Wildman–Crippen LogP) is 0.935. The largest absolute Gasteiger partial charge is 0.617 e. The number of rotatable bonds is 0. The Balaban J connectivity index is 3.06. The SMILES string of the molecule is N#Cc1c(=O)[nH]c2c(Br)c(F)ccc2[n+]1[O-]. The van der Waals surface area contributed by atoms with E-state index in [-0.39, 0.29) is 20.2 Å². The fourth-order valence-corrected chi connectivity index (χ4v) is 1.74. The number of fused-ring (bicyclic) bond motifs is 1. The van der Waals surface area contributed by atoms with E-state index in [4.69, 9.17) is 5.26 Å². The average Bonchev–Trinajstić information content (AvgIpc) is 2.25. The van der Waals surface area contributed by atoms with E-state index < -0.39 is 17.1 Å². The van der Waals surface area contributed by atoms with Crippen LogP contribution < -0.4 is 10.3 Å². The van der Waals surface area contributed by atoms with Gasteiger partial charge in [0.05, 0.1) is 4.47 Å². The number of halogens is 2. The summed E-state index contributed by atoms with van der Waals surface area (Å²) in [5, 5.41) is 20.2. The summed E-state index contributed by atoms with van der Waals surface area (Å²) in [4.78, 5) is 13.6. The Bertz CT molecular complexity index is 690. The van der Waals surface area contributed by atoms with Gasteiger partial charge in [-0.05, 0) is 22.0 Å². The molecule has 7 heteroatoms. The molecule has 1 heterocycles. The van der Waals surface area contributed by atoms with Crippen molar-refractivity contribution >= 4 is 27.0 Å². The van der Waals surface area contributed by atoms with Gasteiger partial charge in [-0.1, -0.05) is 0 Å². The number of nitrogens with one attached hydrogen (secondary N) is 1. The molecule has 2 aromatic rings. The second-order valence-corrected chi connectivity index (χ2v) is 3.76. The molecule has 0 atom stereocenters. The molecule has 0 fully saturated rings. The van der Waals surface area contributed by atoms with Crippen LogP contribution in [0.15, 0.2) is 21.4 Å². The summed E-state index contributed by atoms with van der Waals surface area (Å²) in [5.74, 6) is -0.604. The highest BCUT2D eigenvalue weighted by Crippen LogP contribution is 2.22. The molecule has 0 aliphatic heterocycles. The molecule has 0 bridgehead atoms. The molecule has 0 unspecified atom stereocenters. The smallest absolute Gasteiger partial charge is 0.360 e. The minimum Gasteiger partial charge on any atom is -0.617 e. The Morgan fingerprint density at radius 3 is 2.88 bits per heavy atom. The molecule has 1 N–H and O–H groups in total. The molecule has 5 nitrogen and oxygen atoms in total. The van der Waals surface area contributed by atoms with Crippen LogP contribution in [-0.4, -0.2) is 4.98 Å². The minimum atomic E-state index is -0.851. The van der Waals surface area contributed by atoms with Crippen LogP contribution >= 0.6 is 15.9 Å². The number of benzene rings is 1. The van der Waals surface area contributed by atoms with E-state index in [0.717, 1.165) is 6.07 Å². The van der Waals surface area contributed by atoms with Crippen LogP contribution in [0.3, 0.4) is 0 Å². The highest BCUT2D eigenvalue weighted by molar-refractivity contribution is 9.10. The highest BCUT2D eigenvalue weighted by atomic mass is 79.9. The first-order valence-electron chi connectivity index (χ1n) is 4.10. The van der Waals surface area contributed by atoms with E-state index in [2.05, 4.69) is 20.9 Å². The predicted molar refractivity (Wildman–Crippen MR) is 55.9 cm³/mol. The van der Waals surface area contributed by atoms with Crippen LogP contribution in [0.2, 0.25) is 0 Å². The first kappa shape index (κ1) is 10.6.